The molecule has 8 nitrogen and oxygen atoms in total. The van der Waals surface area contributed by atoms with Crippen LogP contribution in [-0.4, -0.2) is 106 Å². The Balaban J connectivity index is 0.00000320. The lowest BCUT2D eigenvalue weighted by atomic mass is 10.1. The van der Waals surface area contributed by atoms with Crippen LogP contribution in [0.3, 0.4) is 0 Å². The van der Waals surface area contributed by atoms with Crippen LogP contribution in [0.25, 0.3) is 0 Å². The van der Waals surface area contributed by atoms with Gasteiger partial charge in [0.1, 0.15) is 12.3 Å². The minimum Gasteiger partial charge on any atom is -0.497 e. The molecule has 2 bridgehead atoms. The summed E-state index contributed by atoms with van der Waals surface area (Å²) in [5.41, 5.74) is 1.23. The molecule has 0 saturated carbocycles. The lowest BCUT2D eigenvalue weighted by molar-refractivity contribution is -0.127. The molecule has 3 saturated heterocycles. The zero-order valence-electron chi connectivity index (χ0n) is 18.3. The maximum absolute atomic E-state index is 11.9. The molecule has 3 fully saturated rings. The van der Waals surface area contributed by atoms with Crippen molar-refractivity contribution in [1.29, 1.82) is 0 Å². The Hall–Kier alpha value is -1.59. The number of aliphatic imine (C=N–C) groups is 1. The first-order valence-corrected chi connectivity index (χ1v) is 10.4. The Morgan fingerprint density at radius 2 is 1.87 bits per heavy atom. The first kappa shape index (κ1) is 24.7. The summed E-state index contributed by atoms with van der Waals surface area (Å²) >= 11 is 0. The van der Waals surface area contributed by atoms with Crippen LogP contribution in [-0.2, 0) is 11.2 Å². The molecule has 168 valence electrons. The number of likely N-dealkylation sites (N-methyl/N-ethyl adjacent to an activating group) is 1. The van der Waals surface area contributed by atoms with Crippen molar-refractivity contribution in [3.05, 3.63) is 29.8 Å². The van der Waals surface area contributed by atoms with Gasteiger partial charge in [0.05, 0.1) is 7.11 Å². The fourth-order valence-electron chi connectivity index (χ4n) is 3.71. The average molecular weight is 530 g/mol. The van der Waals surface area contributed by atoms with E-state index in [4.69, 9.17) is 4.74 Å². The standard InChI is InChI=1S/C21H34N6O2.HI/c1-25(2)20(28)15-24-21(22-9-8-17-4-6-19(29-3)7-5-17)23-14-18-16-26-10-12-27(18)13-11-26;/h4-7,18H,8-16H2,1-3H3,(H2,22,23,24);1H. The number of piperazine rings is 3. The normalized spacial score (nSPS) is 22.8. The van der Waals surface area contributed by atoms with E-state index >= 15 is 0 Å². The van der Waals surface area contributed by atoms with Crippen LogP contribution in [0.15, 0.2) is 29.3 Å². The monoisotopic (exact) mass is 530 g/mol. The maximum Gasteiger partial charge on any atom is 0.243 e. The van der Waals surface area contributed by atoms with Crippen LogP contribution < -0.4 is 15.4 Å². The molecule has 0 aliphatic carbocycles. The van der Waals surface area contributed by atoms with E-state index in [1.807, 2.05) is 12.1 Å². The quantitative estimate of drug-likeness (QED) is 0.290. The summed E-state index contributed by atoms with van der Waals surface area (Å²) in [5, 5.41) is 6.83. The Morgan fingerprint density at radius 1 is 1.17 bits per heavy atom. The van der Waals surface area contributed by atoms with E-state index in [0.29, 0.717) is 12.0 Å². The number of carbonyl (C=O) groups excluding carboxylic acids is 1. The van der Waals surface area contributed by atoms with E-state index < -0.39 is 0 Å². The second-order valence-corrected chi connectivity index (χ2v) is 7.85. The first-order valence-electron chi connectivity index (χ1n) is 10.4. The second kappa shape index (κ2) is 12.3. The van der Waals surface area contributed by atoms with Crippen molar-refractivity contribution in [3.8, 4) is 5.75 Å². The van der Waals surface area contributed by atoms with Gasteiger partial charge in [-0.1, -0.05) is 12.1 Å². The number of benzene rings is 1. The van der Waals surface area contributed by atoms with Gasteiger partial charge in [-0.25, -0.2) is 4.99 Å². The van der Waals surface area contributed by atoms with Gasteiger partial charge >= 0.3 is 0 Å². The maximum atomic E-state index is 11.9. The summed E-state index contributed by atoms with van der Waals surface area (Å²) in [6.07, 6.45) is 0.871. The molecule has 4 rings (SSSR count). The molecular formula is C21H35IN6O2. The third-order valence-electron chi connectivity index (χ3n) is 5.63. The van der Waals surface area contributed by atoms with Gasteiger partial charge in [0.2, 0.25) is 5.91 Å². The number of hydrogen-bond donors (Lipinski definition) is 2. The summed E-state index contributed by atoms with van der Waals surface area (Å²) in [7, 11) is 5.18. The van der Waals surface area contributed by atoms with Crippen molar-refractivity contribution in [2.45, 2.75) is 12.5 Å². The van der Waals surface area contributed by atoms with E-state index in [-0.39, 0.29) is 36.4 Å². The summed E-state index contributed by atoms with van der Waals surface area (Å²) in [6.45, 7) is 7.46. The SMILES string of the molecule is COc1ccc(CCNC(=NCC(=O)N(C)C)NCC2CN3CCN2CC3)cc1.I. The molecule has 1 unspecified atom stereocenters. The predicted octanol–water partition coefficient (Wildman–Crippen LogP) is 0.479. The molecule has 30 heavy (non-hydrogen) atoms. The van der Waals surface area contributed by atoms with Crippen LogP contribution in [0.2, 0.25) is 0 Å². The molecule has 9 heteroatoms. The van der Waals surface area contributed by atoms with Gasteiger partial charge in [0.15, 0.2) is 5.96 Å². The molecule has 3 aliphatic rings. The van der Waals surface area contributed by atoms with Crippen LogP contribution in [0, 0.1) is 0 Å². The highest BCUT2D eigenvalue weighted by Crippen LogP contribution is 2.14. The zero-order valence-corrected chi connectivity index (χ0v) is 20.6. The fraction of sp³-hybridized carbons (Fsp3) is 0.619. The number of rotatable bonds is 8. The largest absolute Gasteiger partial charge is 0.497 e. The highest BCUT2D eigenvalue weighted by atomic mass is 127. The van der Waals surface area contributed by atoms with Gasteiger partial charge in [-0.2, -0.15) is 0 Å². The van der Waals surface area contributed by atoms with Crippen molar-refractivity contribution in [3.63, 3.8) is 0 Å². The Morgan fingerprint density at radius 3 is 2.43 bits per heavy atom. The van der Waals surface area contributed by atoms with E-state index in [2.05, 4.69) is 37.6 Å². The molecule has 3 aliphatic heterocycles. The van der Waals surface area contributed by atoms with Crippen LogP contribution in [0.5, 0.6) is 5.75 Å². The number of guanidine groups is 1. The molecule has 1 aromatic rings. The molecular weight excluding hydrogens is 495 g/mol. The smallest absolute Gasteiger partial charge is 0.243 e. The molecule has 0 aromatic heterocycles. The minimum absolute atomic E-state index is 0. The van der Waals surface area contributed by atoms with Crippen LogP contribution in [0.1, 0.15) is 5.56 Å². The molecule has 3 heterocycles. The second-order valence-electron chi connectivity index (χ2n) is 7.85. The van der Waals surface area contributed by atoms with Gasteiger partial charge < -0.3 is 20.3 Å². The highest BCUT2D eigenvalue weighted by molar-refractivity contribution is 14.0. The van der Waals surface area contributed by atoms with E-state index in [9.17, 15) is 4.79 Å². The number of hydrogen-bond acceptors (Lipinski definition) is 5. The summed E-state index contributed by atoms with van der Waals surface area (Å²) in [5.74, 6) is 1.56. The van der Waals surface area contributed by atoms with Crippen molar-refractivity contribution in [1.82, 2.24) is 25.3 Å². The molecule has 0 radical (unpaired) electrons. The minimum atomic E-state index is -0.00663. The zero-order chi connectivity index (χ0) is 20.6. The lowest BCUT2D eigenvalue weighted by Crippen LogP contribution is -2.63. The van der Waals surface area contributed by atoms with Crippen molar-refractivity contribution in [2.75, 3.05) is 73.6 Å². The Bertz CT molecular complexity index is 689. The average Bonchev–Trinajstić information content (AvgIpc) is 2.76. The number of methoxy groups -OCH3 is 1. The Labute approximate surface area is 197 Å². The van der Waals surface area contributed by atoms with Gasteiger partial charge in [-0.15, -0.1) is 24.0 Å². The number of ether oxygens (including phenoxy) is 1. The summed E-state index contributed by atoms with van der Waals surface area (Å²) in [6, 6.07) is 8.58. The highest BCUT2D eigenvalue weighted by Gasteiger charge is 2.31. The number of fused-ring (bicyclic) bond motifs is 3. The molecule has 0 spiro atoms. The van der Waals surface area contributed by atoms with Crippen molar-refractivity contribution < 1.29 is 9.53 Å². The van der Waals surface area contributed by atoms with Gasteiger partial charge in [-0.05, 0) is 24.1 Å². The number of carbonyl (C=O) groups is 1. The van der Waals surface area contributed by atoms with Crippen molar-refractivity contribution in [2.24, 2.45) is 4.99 Å². The van der Waals surface area contributed by atoms with Crippen LogP contribution >= 0.6 is 24.0 Å². The Kier molecular flexibility index (Phi) is 10.1. The van der Waals surface area contributed by atoms with E-state index in [0.717, 1.165) is 44.9 Å². The number of nitrogens with zero attached hydrogens (tertiary/aromatic N) is 4. The van der Waals surface area contributed by atoms with Gasteiger partial charge in [0, 0.05) is 66.0 Å². The fourth-order valence-corrected chi connectivity index (χ4v) is 3.71. The number of amides is 1. The lowest BCUT2D eigenvalue weighted by Gasteiger charge is -2.47. The van der Waals surface area contributed by atoms with Crippen molar-refractivity contribution >= 4 is 35.8 Å². The third kappa shape index (κ3) is 7.28. The molecule has 1 atom stereocenters. The number of halogens is 1. The van der Waals surface area contributed by atoms with E-state index in [1.54, 1.807) is 26.1 Å². The topological polar surface area (TPSA) is 72.4 Å². The number of nitrogens with one attached hydrogen (secondary N) is 2. The van der Waals surface area contributed by atoms with Gasteiger partial charge in [0.25, 0.3) is 0 Å². The molecule has 1 aromatic carbocycles. The van der Waals surface area contributed by atoms with E-state index in [1.165, 1.54) is 18.7 Å². The summed E-state index contributed by atoms with van der Waals surface area (Å²) in [4.78, 5) is 23.1. The summed E-state index contributed by atoms with van der Waals surface area (Å²) < 4.78 is 5.21. The first-order chi connectivity index (χ1) is 14.0. The molecule has 1 amide bonds. The third-order valence-corrected chi connectivity index (χ3v) is 5.63. The molecule has 2 N–H and O–H groups in total. The predicted molar refractivity (Wildman–Crippen MR) is 131 cm³/mol. The van der Waals surface area contributed by atoms with Crippen LogP contribution in [0.4, 0.5) is 0 Å². The van der Waals surface area contributed by atoms with Gasteiger partial charge in [-0.3, -0.25) is 14.6 Å².